The lowest BCUT2D eigenvalue weighted by molar-refractivity contribution is 0.0909. The van der Waals surface area contributed by atoms with E-state index in [9.17, 15) is 4.79 Å². The fourth-order valence-electron chi connectivity index (χ4n) is 3.19. The first-order valence-electron chi connectivity index (χ1n) is 8.55. The van der Waals surface area contributed by atoms with Crippen LogP contribution in [-0.2, 0) is 6.54 Å². The maximum Gasteiger partial charge on any atom is 0.251 e. The number of rotatable bonds is 4. The lowest BCUT2D eigenvalue weighted by atomic mass is 10.0. The summed E-state index contributed by atoms with van der Waals surface area (Å²) >= 11 is 12.0. The van der Waals surface area contributed by atoms with Crippen LogP contribution in [0.25, 0.3) is 0 Å². The Morgan fingerprint density at radius 1 is 1.12 bits per heavy atom. The van der Waals surface area contributed by atoms with Crippen LogP contribution in [0.3, 0.4) is 0 Å². The summed E-state index contributed by atoms with van der Waals surface area (Å²) in [6, 6.07) is 13.7. The Bertz CT molecular complexity index is 755. The molecule has 0 spiro atoms. The van der Waals surface area contributed by atoms with Gasteiger partial charge in [-0.05, 0) is 49.6 Å². The summed E-state index contributed by atoms with van der Waals surface area (Å²) in [6.45, 7) is 4.77. The molecule has 1 fully saturated rings. The summed E-state index contributed by atoms with van der Waals surface area (Å²) in [5, 5.41) is 4.34. The summed E-state index contributed by atoms with van der Waals surface area (Å²) < 4.78 is 0. The van der Waals surface area contributed by atoms with E-state index in [2.05, 4.69) is 10.2 Å². The number of amides is 1. The van der Waals surface area contributed by atoms with Gasteiger partial charge in [0.25, 0.3) is 5.91 Å². The van der Waals surface area contributed by atoms with E-state index in [-0.39, 0.29) is 11.9 Å². The maximum absolute atomic E-state index is 12.4. The Balaban J connectivity index is 1.50. The Hall–Kier alpha value is -1.55. The molecule has 25 heavy (non-hydrogen) atoms. The Labute approximate surface area is 158 Å². The van der Waals surface area contributed by atoms with Gasteiger partial charge in [-0.25, -0.2) is 0 Å². The number of aryl methyl sites for hydroxylation is 1. The van der Waals surface area contributed by atoms with Gasteiger partial charge in [0.2, 0.25) is 0 Å². The first kappa shape index (κ1) is 18.2. The van der Waals surface area contributed by atoms with Crippen LogP contribution in [0, 0.1) is 6.92 Å². The minimum Gasteiger partial charge on any atom is -0.349 e. The molecule has 5 heteroatoms. The molecule has 3 nitrogen and oxygen atoms in total. The number of piperidine rings is 1. The molecule has 0 radical (unpaired) electrons. The van der Waals surface area contributed by atoms with Gasteiger partial charge in [0.05, 0.1) is 10.0 Å². The van der Waals surface area contributed by atoms with Crippen LogP contribution in [0.1, 0.15) is 34.3 Å². The van der Waals surface area contributed by atoms with Crippen molar-refractivity contribution in [3.05, 3.63) is 69.2 Å². The number of likely N-dealkylation sites (tertiary alicyclic amines) is 1. The van der Waals surface area contributed by atoms with Gasteiger partial charge in [-0.15, -0.1) is 0 Å². The number of hydrogen-bond donors (Lipinski definition) is 1. The second-order valence-electron chi connectivity index (χ2n) is 6.64. The van der Waals surface area contributed by atoms with Gasteiger partial charge in [0, 0.05) is 31.2 Å². The third kappa shape index (κ3) is 4.97. The van der Waals surface area contributed by atoms with E-state index in [1.165, 1.54) is 0 Å². The first-order chi connectivity index (χ1) is 12.0. The summed E-state index contributed by atoms with van der Waals surface area (Å²) in [7, 11) is 0. The number of carbonyl (C=O) groups is 1. The molecule has 1 heterocycles. The predicted molar refractivity (Wildman–Crippen MR) is 103 cm³/mol. The van der Waals surface area contributed by atoms with Gasteiger partial charge < -0.3 is 5.32 Å². The van der Waals surface area contributed by atoms with Gasteiger partial charge >= 0.3 is 0 Å². The quantitative estimate of drug-likeness (QED) is 0.838. The van der Waals surface area contributed by atoms with E-state index in [1.54, 1.807) is 0 Å². The van der Waals surface area contributed by atoms with Gasteiger partial charge in [-0.2, -0.15) is 0 Å². The molecular formula is C20H22Cl2N2O. The zero-order valence-corrected chi connectivity index (χ0v) is 15.8. The minimum atomic E-state index is 0.0200. The van der Waals surface area contributed by atoms with E-state index in [0.717, 1.165) is 49.2 Å². The normalized spacial score (nSPS) is 16.0. The van der Waals surface area contributed by atoms with E-state index >= 15 is 0 Å². The Morgan fingerprint density at radius 3 is 2.56 bits per heavy atom. The van der Waals surface area contributed by atoms with E-state index < -0.39 is 0 Å². The molecule has 0 bridgehead atoms. The molecule has 2 aromatic rings. The lowest BCUT2D eigenvalue weighted by Gasteiger charge is -2.32. The molecule has 1 aliphatic heterocycles. The second kappa shape index (κ2) is 8.22. The molecule has 1 aliphatic rings. The van der Waals surface area contributed by atoms with Crippen molar-refractivity contribution in [2.45, 2.75) is 32.4 Å². The molecule has 0 saturated carbocycles. The molecule has 2 aromatic carbocycles. The monoisotopic (exact) mass is 376 g/mol. The Morgan fingerprint density at radius 2 is 1.88 bits per heavy atom. The average Bonchev–Trinajstić information content (AvgIpc) is 2.60. The van der Waals surface area contributed by atoms with Crippen LogP contribution in [0.5, 0.6) is 0 Å². The van der Waals surface area contributed by atoms with Crippen LogP contribution in [0.4, 0.5) is 0 Å². The molecule has 0 aliphatic carbocycles. The highest BCUT2D eigenvalue weighted by atomic mass is 35.5. The zero-order chi connectivity index (χ0) is 17.8. The second-order valence-corrected chi connectivity index (χ2v) is 7.46. The number of hydrogen-bond acceptors (Lipinski definition) is 2. The van der Waals surface area contributed by atoms with Crippen molar-refractivity contribution in [1.29, 1.82) is 0 Å². The predicted octanol–water partition coefficient (Wildman–Crippen LogP) is 4.70. The minimum absolute atomic E-state index is 0.0200. The SMILES string of the molecule is Cc1cccc(C(=O)NC2CCN(Cc3ccc(Cl)c(Cl)c3)CC2)c1. The number of nitrogens with one attached hydrogen (secondary N) is 1. The van der Waals surface area contributed by atoms with Crippen molar-refractivity contribution in [1.82, 2.24) is 10.2 Å². The van der Waals surface area contributed by atoms with Gasteiger partial charge in [0.1, 0.15) is 0 Å². The molecule has 0 atom stereocenters. The topological polar surface area (TPSA) is 32.3 Å². The molecule has 132 valence electrons. The van der Waals surface area contributed by atoms with Crippen molar-refractivity contribution in [2.75, 3.05) is 13.1 Å². The van der Waals surface area contributed by atoms with Crippen molar-refractivity contribution < 1.29 is 4.79 Å². The molecule has 1 N–H and O–H groups in total. The van der Waals surface area contributed by atoms with E-state index in [4.69, 9.17) is 23.2 Å². The highest BCUT2D eigenvalue weighted by molar-refractivity contribution is 6.42. The third-order valence-corrected chi connectivity index (χ3v) is 5.33. The van der Waals surface area contributed by atoms with E-state index in [1.807, 2.05) is 49.4 Å². The fraction of sp³-hybridized carbons (Fsp3) is 0.350. The largest absolute Gasteiger partial charge is 0.349 e. The van der Waals surface area contributed by atoms with Crippen LogP contribution in [0.2, 0.25) is 10.0 Å². The van der Waals surface area contributed by atoms with Crippen LogP contribution in [0.15, 0.2) is 42.5 Å². The van der Waals surface area contributed by atoms with Crippen molar-refractivity contribution >= 4 is 29.1 Å². The maximum atomic E-state index is 12.4. The average molecular weight is 377 g/mol. The third-order valence-electron chi connectivity index (χ3n) is 4.59. The molecule has 0 aromatic heterocycles. The smallest absolute Gasteiger partial charge is 0.251 e. The lowest BCUT2D eigenvalue weighted by Crippen LogP contribution is -2.44. The number of halogens is 2. The highest BCUT2D eigenvalue weighted by Gasteiger charge is 2.21. The van der Waals surface area contributed by atoms with Gasteiger partial charge in [0.15, 0.2) is 0 Å². The highest BCUT2D eigenvalue weighted by Crippen LogP contribution is 2.24. The fourth-order valence-corrected chi connectivity index (χ4v) is 3.51. The van der Waals surface area contributed by atoms with Crippen LogP contribution < -0.4 is 5.32 Å². The van der Waals surface area contributed by atoms with Crippen LogP contribution >= 0.6 is 23.2 Å². The molecular weight excluding hydrogens is 355 g/mol. The van der Waals surface area contributed by atoms with Crippen molar-refractivity contribution in [3.8, 4) is 0 Å². The van der Waals surface area contributed by atoms with Gasteiger partial charge in [-0.1, -0.05) is 47.0 Å². The number of benzene rings is 2. The summed E-state index contributed by atoms with van der Waals surface area (Å²) in [4.78, 5) is 14.7. The number of nitrogens with zero attached hydrogens (tertiary/aromatic N) is 1. The molecule has 0 unspecified atom stereocenters. The van der Waals surface area contributed by atoms with E-state index in [0.29, 0.717) is 10.0 Å². The number of carbonyl (C=O) groups excluding carboxylic acids is 1. The standard InChI is InChI=1S/C20H22Cl2N2O/c1-14-3-2-4-16(11-14)20(25)23-17-7-9-24(10-8-17)13-15-5-6-18(21)19(22)12-15/h2-6,11-12,17H,7-10,13H2,1H3,(H,23,25). The Kier molecular flexibility index (Phi) is 6.00. The van der Waals surface area contributed by atoms with Crippen molar-refractivity contribution in [3.63, 3.8) is 0 Å². The summed E-state index contributed by atoms with van der Waals surface area (Å²) in [5.74, 6) is 0.0200. The first-order valence-corrected chi connectivity index (χ1v) is 9.30. The van der Waals surface area contributed by atoms with Crippen molar-refractivity contribution in [2.24, 2.45) is 0 Å². The molecule has 1 saturated heterocycles. The summed E-state index contributed by atoms with van der Waals surface area (Å²) in [5.41, 5.74) is 3.00. The van der Waals surface area contributed by atoms with Crippen LogP contribution in [-0.4, -0.2) is 29.9 Å². The zero-order valence-electron chi connectivity index (χ0n) is 14.3. The molecule has 3 rings (SSSR count). The van der Waals surface area contributed by atoms with Gasteiger partial charge in [-0.3, -0.25) is 9.69 Å². The molecule has 1 amide bonds. The summed E-state index contributed by atoms with van der Waals surface area (Å²) in [6.07, 6.45) is 1.91.